The lowest BCUT2D eigenvalue weighted by atomic mass is 10.0. The van der Waals surface area contributed by atoms with Crippen molar-refractivity contribution in [3.05, 3.63) is 65.2 Å². The zero-order valence-electron chi connectivity index (χ0n) is 18.5. The molecule has 1 fully saturated rings. The standard InChI is InChI=1S/C26H28N2O5/c29-21-8-4-5-9-24(30)23(13-11-21)28-15-19-14-20(10-12-22(19)26(28)32)27-25(31)17-33-16-18-6-2-1-3-7-18/h1-3,6-7,10,12,14,23H,4-5,8-9,11,13,15-17H2,(H,27,31). The Bertz CT molecular complexity index is 1050. The minimum atomic E-state index is -0.573. The maximum atomic E-state index is 13.0. The quantitative estimate of drug-likeness (QED) is 0.728. The molecule has 4 rings (SSSR count). The molecule has 1 heterocycles. The molecule has 0 aromatic heterocycles. The number of hydrogen-bond donors (Lipinski definition) is 1. The van der Waals surface area contributed by atoms with Gasteiger partial charge in [-0.15, -0.1) is 0 Å². The van der Waals surface area contributed by atoms with Crippen molar-refractivity contribution < 1.29 is 23.9 Å². The van der Waals surface area contributed by atoms with Crippen molar-refractivity contribution in [1.82, 2.24) is 4.90 Å². The van der Waals surface area contributed by atoms with Crippen LogP contribution in [0, 0.1) is 0 Å². The van der Waals surface area contributed by atoms with E-state index >= 15 is 0 Å². The number of fused-ring (bicyclic) bond motifs is 1. The van der Waals surface area contributed by atoms with Crippen molar-refractivity contribution in [1.29, 1.82) is 0 Å². The van der Waals surface area contributed by atoms with Gasteiger partial charge in [-0.25, -0.2) is 0 Å². The number of hydrogen-bond acceptors (Lipinski definition) is 5. The summed E-state index contributed by atoms with van der Waals surface area (Å²) < 4.78 is 5.47. The third-order valence-electron chi connectivity index (χ3n) is 6.14. The van der Waals surface area contributed by atoms with Gasteiger partial charge < -0.3 is 15.0 Å². The van der Waals surface area contributed by atoms with E-state index in [1.54, 1.807) is 23.1 Å². The zero-order valence-corrected chi connectivity index (χ0v) is 18.5. The topological polar surface area (TPSA) is 92.8 Å². The van der Waals surface area contributed by atoms with Gasteiger partial charge in [-0.2, -0.15) is 0 Å². The Morgan fingerprint density at radius 2 is 1.79 bits per heavy atom. The molecule has 2 aliphatic rings. The molecule has 2 aromatic rings. The van der Waals surface area contributed by atoms with Crippen LogP contribution in [0.5, 0.6) is 0 Å². The molecule has 1 atom stereocenters. The van der Waals surface area contributed by atoms with Crippen LogP contribution in [0.25, 0.3) is 0 Å². The molecule has 7 nitrogen and oxygen atoms in total. The molecular formula is C26H28N2O5. The predicted octanol–water partition coefficient (Wildman–Crippen LogP) is 3.66. The number of carbonyl (C=O) groups excluding carboxylic acids is 4. The Hall–Kier alpha value is -3.32. The number of ketones is 2. The molecule has 0 saturated heterocycles. The number of Topliss-reactive ketones (excluding diaryl/α,β-unsaturated/α-hetero) is 2. The third-order valence-corrected chi connectivity index (χ3v) is 6.14. The van der Waals surface area contributed by atoms with Gasteiger partial charge in [-0.3, -0.25) is 19.2 Å². The largest absolute Gasteiger partial charge is 0.367 e. The first-order valence-corrected chi connectivity index (χ1v) is 11.4. The van der Waals surface area contributed by atoms with E-state index in [9.17, 15) is 19.2 Å². The van der Waals surface area contributed by atoms with E-state index < -0.39 is 6.04 Å². The summed E-state index contributed by atoms with van der Waals surface area (Å²) in [5, 5.41) is 2.80. The van der Waals surface area contributed by atoms with Crippen LogP contribution in [0.4, 0.5) is 5.69 Å². The fourth-order valence-corrected chi connectivity index (χ4v) is 4.41. The van der Waals surface area contributed by atoms with Gasteiger partial charge in [0.05, 0.1) is 12.6 Å². The van der Waals surface area contributed by atoms with E-state index in [1.807, 2.05) is 30.3 Å². The summed E-state index contributed by atoms with van der Waals surface area (Å²) >= 11 is 0. The molecule has 0 radical (unpaired) electrons. The molecule has 1 N–H and O–H groups in total. The maximum Gasteiger partial charge on any atom is 0.255 e. The van der Waals surface area contributed by atoms with E-state index in [0.717, 1.165) is 17.5 Å². The van der Waals surface area contributed by atoms with E-state index in [4.69, 9.17) is 4.74 Å². The Morgan fingerprint density at radius 1 is 1.00 bits per heavy atom. The monoisotopic (exact) mass is 448 g/mol. The first kappa shape index (κ1) is 22.9. The van der Waals surface area contributed by atoms with Gasteiger partial charge in [-0.05, 0) is 48.6 Å². The van der Waals surface area contributed by atoms with Crippen molar-refractivity contribution in [3.63, 3.8) is 0 Å². The number of anilines is 1. The van der Waals surface area contributed by atoms with Crippen LogP contribution < -0.4 is 5.32 Å². The molecule has 1 aliphatic heterocycles. The van der Waals surface area contributed by atoms with Crippen molar-refractivity contribution in [2.45, 2.75) is 57.7 Å². The minimum absolute atomic E-state index is 0.0231. The third kappa shape index (κ3) is 5.73. The van der Waals surface area contributed by atoms with Gasteiger partial charge in [0.2, 0.25) is 5.91 Å². The summed E-state index contributed by atoms with van der Waals surface area (Å²) in [5.41, 5.74) is 2.87. The Kier molecular flexibility index (Phi) is 7.29. The molecule has 0 spiro atoms. The summed E-state index contributed by atoms with van der Waals surface area (Å²) in [6.07, 6.45) is 3.00. The SMILES string of the molecule is O=C1CCCCC(=O)C(N2Cc3cc(NC(=O)COCc4ccccc4)ccc3C2=O)CC1. The van der Waals surface area contributed by atoms with E-state index in [1.165, 1.54) is 0 Å². The lowest BCUT2D eigenvalue weighted by Crippen LogP contribution is -2.41. The maximum absolute atomic E-state index is 13.0. The van der Waals surface area contributed by atoms with Crippen LogP contribution in [0.3, 0.4) is 0 Å². The smallest absolute Gasteiger partial charge is 0.255 e. The highest BCUT2D eigenvalue weighted by atomic mass is 16.5. The normalized spacial score (nSPS) is 19.0. The Balaban J connectivity index is 1.37. The predicted molar refractivity (Wildman–Crippen MR) is 123 cm³/mol. The summed E-state index contributed by atoms with van der Waals surface area (Å²) in [5.74, 6) is -0.301. The van der Waals surface area contributed by atoms with Crippen LogP contribution in [-0.2, 0) is 32.3 Å². The number of ether oxygens (including phenoxy) is 1. The van der Waals surface area contributed by atoms with Gasteiger partial charge in [0.25, 0.3) is 5.91 Å². The molecule has 172 valence electrons. The van der Waals surface area contributed by atoms with Gasteiger partial charge in [0.1, 0.15) is 12.4 Å². The van der Waals surface area contributed by atoms with Crippen LogP contribution in [0.1, 0.15) is 60.0 Å². The molecule has 1 aliphatic carbocycles. The van der Waals surface area contributed by atoms with Crippen molar-refractivity contribution in [2.24, 2.45) is 0 Å². The van der Waals surface area contributed by atoms with E-state index in [-0.39, 0.29) is 30.0 Å². The van der Waals surface area contributed by atoms with Gasteiger partial charge >= 0.3 is 0 Å². The molecule has 1 unspecified atom stereocenters. The average molecular weight is 449 g/mol. The molecule has 7 heteroatoms. The summed E-state index contributed by atoms with van der Waals surface area (Å²) in [7, 11) is 0. The van der Waals surface area contributed by atoms with Crippen LogP contribution in [-0.4, -0.2) is 40.9 Å². The minimum Gasteiger partial charge on any atom is -0.367 e. The molecular weight excluding hydrogens is 420 g/mol. The lowest BCUT2D eigenvalue weighted by molar-refractivity contribution is -0.124. The number of nitrogens with one attached hydrogen (secondary N) is 1. The van der Waals surface area contributed by atoms with Crippen molar-refractivity contribution in [2.75, 3.05) is 11.9 Å². The Morgan fingerprint density at radius 3 is 2.61 bits per heavy atom. The summed E-state index contributed by atoms with van der Waals surface area (Å²) in [6.45, 7) is 0.564. The zero-order chi connectivity index (χ0) is 23.2. The Labute approximate surface area is 193 Å². The molecule has 33 heavy (non-hydrogen) atoms. The first-order chi connectivity index (χ1) is 16.0. The van der Waals surface area contributed by atoms with Crippen LogP contribution >= 0.6 is 0 Å². The number of benzene rings is 2. The van der Waals surface area contributed by atoms with E-state index in [0.29, 0.717) is 56.5 Å². The molecule has 0 bridgehead atoms. The second-order valence-electron chi connectivity index (χ2n) is 8.60. The number of nitrogens with zero attached hydrogens (tertiary/aromatic N) is 1. The van der Waals surface area contributed by atoms with E-state index in [2.05, 4.69) is 5.32 Å². The highest BCUT2D eigenvalue weighted by Gasteiger charge is 2.36. The lowest BCUT2D eigenvalue weighted by Gasteiger charge is -2.26. The van der Waals surface area contributed by atoms with Crippen LogP contribution in [0.15, 0.2) is 48.5 Å². The summed E-state index contributed by atoms with van der Waals surface area (Å²) in [4.78, 5) is 51.6. The van der Waals surface area contributed by atoms with Crippen molar-refractivity contribution in [3.8, 4) is 0 Å². The number of rotatable bonds is 6. The van der Waals surface area contributed by atoms with Gasteiger partial charge in [-0.1, -0.05) is 30.3 Å². The van der Waals surface area contributed by atoms with Gasteiger partial charge in [0, 0.05) is 37.1 Å². The molecule has 1 saturated carbocycles. The van der Waals surface area contributed by atoms with Crippen LogP contribution in [0.2, 0.25) is 0 Å². The van der Waals surface area contributed by atoms with Gasteiger partial charge in [0.15, 0.2) is 5.78 Å². The first-order valence-electron chi connectivity index (χ1n) is 11.4. The highest BCUT2D eigenvalue weighted by Crippen LogP contribution is 2.30. The fourth-order valence-electron chi connectivity index (χ4n) is 4.41. The highest BCUT2D eigenvalue weighted by molar-refractivity contribution is 6.02. The molecule has 2 amide bonds. The second kappa shape index (κ2) is 10.5. The average Bonchev–Trinajstić information content (AvgIpc) is 3.16. The number of carbonyl (C=O) groups is 4. The second-order valence-corrected chi connectivity index (χ2v) is 8.60. The fraction of sp³-hybridized carbons (Fsp3) is 0.385. The van der Waals surface area contributed by atoms with Crippen molar-refractivity contribution >= 4 is 29.1 Å². The summed E-state index contributed by atoms with van der Waals surface area (Å²) in [6, 6.07) is 14.2. The number of amides is 2. The molecule has 2 aromatic carbocycles.